The Balaban J connectivity index is 1.86. The molecule has 0 spiro atoms. The van der Waals surface area contributed by atoms with Crippen molar-refractivity contribution in [3.63, 3.8) is 0 Å². The first-order valence-corrected chi connectivity index (χ1v) is 17.9. The topological polar surface area (TPSA) is 22.3 Å². The summed E-state index contributed by atoms with van der Waals surface area (Å²) in [5.74, 6) is 1.16. The highest BCUT2D eigenvalue weighted by atomic mass is 16.6. The van der Waals surface area contributed by atoms with E-state index in [0.29, 0.717) is 29.8 Å². The van der Waals surface area contributed by atoms with Gasteiger partial charge in [-0.05, 0) is 158 Å². The maximum atomic E-state index is 7.99. The first kappa shape index (κ1) is 30.5. The van der Waals surface area contributed by atoms with Crippen molar-refractivity contribution in [2.75, 3.05) is 7.05 Å². The average Bonchev–Trinajstić information content (AvgIpc) is 3.59. The highest BCUT2D eigenvalue weighted by Gasteiger charge is 2.55. The molecule has 0 radical (unpaired) electrons. The summed E-state index contributed by atoms with van der Waals surface area (Å²) in [6.45, 7) is 36.0. The maximum Gasteiger partial charge on any atom is 0.148 e. The number of aryl methyl sites for hydroxylation is 4. The summed E-state index contributed by atoms with van der Waals surface area (Å²) in [6.07, 6.45) is 1.13. The van der Waals surface area contributed by atoms with E-state index in [4.69, 9.17) is 4.74 Å². The number of hydrogen-bond acceptors (Lipinski definition) is 2. The third-order valence-electron chi connectivity index (χ3n) is 14.9. The molecule has 7 atom stereocenters. The van der Waals surface area contributed by atoms with E-state index in [-0.39, 0.29) is 0 Å². The van der Waals surface area contributed by atoms with Crippen LogP contribution in [0.3, 0.4) is 0 Å². The molecule has 7 unspecified atom stereocenters. The molecule has 4 heteroatoms. The molecule has 5 heterocycles. The Bertz CT molecular complexity index is 2230. The molecule has 5 aromatic rings. The van der Waals surface area contributed by atoms with Gasteiger partial charge in [-0.15, -0.1) is 0 Å². The van der Waals surface area contributed by atoms with E-state index < -0.39 is 11.4 Å². The van der Waals surface area contributed by atoms with Crippen molar-refractivity contribution < 1.29 is 4.74 Å². The van der Waals surface area contributed by atoms with Crippen molar-refractivity contribution in [1.29, 1.82) is 0 Å². The summed E-state index contributed by atoms with van der Waals surface area (Å²) < 4.78 is 13.5. The van der Waals surface area contributed by atoms with Crippen molar-refractivity contribution in [3.8, 4) is 0 Å². The first-order valence-electron chi connectivity index (χ1n) is 17.9. The zero-order valence-corrected chi connectivity index (χ0v) is 31.3. The van der Waals surface area contributed by atoms with Gasteiger partial charge in [0.05, 0.1) is 22.1 Å². The Morgan fingerprint density at radius 1 is 0.522 bits per heavy atom. The number of aromatic nitrogens is 2. The number of nitrogens with zero attached hydrogens (tertiary/aromatic N) is 3. The van der Waals surface area contributed by atoms with Gasteiger partial charge in [-0.3, -0.25) is 4.90 Å². The molecule has 3 aromatic carbocycles. The number of benzene rings is 3. The lowest BCUT2D eigenvalue weighted by Crippen LogP contribution is -2.47. The number of ether oxygens (including phenoxy) is 1. The molecule has 0 aliphatic carbocycles. The molecule has 2 aromatic heterocycles. The Kier molecular flexibility index (Phi) is 5.97. The molecule has 3 aliphatic heterocycles. The second kappa shape index (κ2) is 8.99. The van der Waals surface area contributed by atoms with Crippen molar-refractivity contribution >= 4 is 43.6 Å². The molecule has 0 amide bonds. The lowest BCUT2D eigenvalue weighted by Gasteiger charge is -2.44. The Morgan fingerprint density at radius 3 is 1.35 bits per heavy atom. The molecule has 1 saturated heterocycles. The molecule has 0 saturated carbocycles. The van der Waals surface area contributed by atoms with E-state index in [0.717, 1.165) is 6.42 Å². The van der Waals surface area contributed by atoms with Gasteiger partial charge < -0.3 is 13.9 Å². The van der Waals surface area contributed by atoms with Gasteiger partial charge in [0.2, 0.25) is 0 Å². The van der Waals surface area contributed by atoms with E-state index in [1.807, 2.05) is 0 Å². The van der Waals surface area contributed by atoms with Gasteiger partial charge in [-0.25, -0.2) is 0 Å². The molecule has 3 aliphatic rings. The van der Waals surface area contributed by atoms with Gasteiger partial charge >= 0.3 is 0 Å². The molecular weight excluding hydrogens is 562 g/mol. The van der Waals surface area contributed by atoms with Gasteiger partial charge in [-0.2, -0.15) is 0 Å². The summed E-state index contributed by atoms with van der Waals surface area (Å²) >= 11 is 0. The standard InChI is InChI=1S/C42H55N3O/c1-18-17-19(2)41(14)44-37-26(9)22(5)20(3)24(7)31(37)35-33-29(12)43(16)30(13)34(33)36-32-25(8)21(4)23(6)27(10)38(32)45(40(36)39(35)44)42(15,46-41)28(18)11/h18-19,28-30H,17H2,1-16H3. The van der Waals surface area contributed by atoms with Crippen molar-refractivity contribution in [1.82, 2.24) is 14.0 Å². The summed E-state index contributed by atoms with van der Waals surface area (Å²) in [5.41, 5.74) is 18.9. The minimum absolute atomic E-state index is 0.311. The third kappa shape index (κ3) is 3.07. The summed E-state index contributed by atoms with van der Waals surface area (Å²) in [5, 5.41) is 5.85. The fourth-order valence-corrected chi connectivity index (χ4v) is 10.8. The molecule has 2 bridgehead atoms. The zero-order chi connectivity index (χ0) is 33.4. The van der Waals surface area contributed by atoms with Crippen molar-refractivity contribution in [2.24, 2.45) is 17.8 Å². The minimum atomic E-state index is -0.535. The Hall–Kier alpha value is -2.82. The zero-order valence-electron chi connectivity index (χ0n) is 31.3. The lowest BCUT2D eigenvalue weighted by atomic mass is 9.81. The second-order valence-corrected chi connectivity index (χ2v) is 16.5. The fraction of sp³-hybridized carbons (Fsp3) is 0.571. The molecule has 1 fully saturated rings. The molecule has 244 valence electrons. The van der Waals surface area contributed by atoms with Crippen LogP contribution in [0.5, 0.6) is 0 Å². The quantitative estimate of drug-likeness (QED) is 0.172. The lowest BCUT2D eigenvalue weighted by molar-refractivity contribution is -0.244. The molecular formula is C42H55N3O. The van der Waals surface area contributed by atoms with Crippen LogP contribution in [0.2, 0.25) is 0 Å². The number of rotatable bonds is 0. The largest absolute Gasteiger partial charge is 0.329 e. The SMILES string of the molecule is Cc1c(C)c(C)c2c(c1C)c1c3c(c4c5c(C)c(C)c(C)c(C)c5n5c4c1n2C1(C)OC5(C)C(C)C(C)CC1C)C(C)N(C)C3C. The summed E-state index contributed by atoms with van der Waals surface area (Å²) in [7, 11) is 2.34. The second-order valence-electron chi connectivity index (χ2n) is 16.5. The molecule has 46 heavy (non-hydrogen) atoms. The van der Waals surface area contributed by atoms with Gasteiger partial charge in [0.1, 0.15) is 11.4 Å². The monoisotopic (exact) mass is 617 g/mol. The van der Waals surface area contributed by atoms with Gasteiger partial charge in [0.25, 0.3) is 0 Å². The van der Waals surface area contributed by atoms with E-state index in [1.165, 1.54) is 93.7 Å². The normalized spacial score (nSPS) is 31.2. The molecule has 8 rings (SSSR count). The van der Waals surface area contributed by atoms with Crippen LogP contribution >= 0.6 is 0 Å². The molecule has 4 nitrogen and oxygen atoms in total. The highest BCUT2D eigenvalue weighted by Crippen LogP contribution is 2.61. The van der Waals surface area contributed by atoms with Crippen LogP contribution in [0.1, 0.15) is 123 Å². The van der Waals surface area contributed by atoms with Crippen LogP contribution in [0, 0.1) is 73.1 Å². The van der Waals surface area contributed by atoms with Crippen LogP contribution in [0.25, 0.3) is 43.6 Å². The van der Waals surface area contributed by atoms with Crippen molar-refractivity contribution in [3.05, 3.63) is 55.6 Å². The van der Waals surface area contributed by atoms with Gasteiger partial charge in [-0.1, -0.05) is 20.8 Å². The van der Waals surface area contributed by atoms with Gasteiger partial charge in [0, 0.05) is 45.5 Å². The first-order chi connectivity index (χ1) is 21.4. The predicted octanol–water partition coefficient (Wildman–Crippen LogP) is 11.1. The Labute approximate surface area is 276 Å². The summed E-state index contributed by atoms with van der Waals surface area (Å²) in [4.78, 5) is 2.62. The van der Waals surface area contributed by atoms with E-state index >= 15 is 0 Å². The third-order valence-corrected chi connectivity index (χ3v) is 14.9. The number of hydrogen-bond donors (Lipinski definition) is 0. The summed E-state index contributed by atoms with van der Waals surface area (Å²) in [6, 6.07) is 0.623. The van der Waals surface area contributed by atoms with E-state index in [2.05, 4.69) is 125 Å². The maximum absolute atomic E-state index is 7.99. The number of fused-ring (bicyclic) bond motifs is 13. The fourth-order valence-electron chi connectivity index (χ4n) is 10.8. The van der Waals surface area contributed by atoms with Crippen LogP contribution in [0.15, 0.2) is 0 Å². The Morgan fingerprint density at radius 2 is 0.913 bits per heavy atom. The highest BCUT2D eigenvalue weighted by molar-refractivity contribution is 6.27. The predicted molar refractivity (Wildman–Crippen MR) is 195 cm³/mol. The van der Waals surface area contributed by atoms with Crippen LogP contribution in [0.4, 0.5) is 0 Å². The van der Waals surface area contributed by atoms with Gasteiger partial charge in [0.15, 0.2) is 0 Å². The van der Waals surface area contributed by atoms with Crippen molar-refractivity contribution in [2.45, 2.75) is 134 Å². The van der Waals surface area contributed by atoms with E-state index in [9.17, 15) is 0 Å². The average molecular weight is 618 g/mol. The molecule has 0 N–H and O–H groups in total. The van der Waals surface area contributed by atoms with Crippen LogP contribution in [-0.4, -0.2) is 21.1 Å². The van der Waals surface area contributed by atoms with E-state index in [1.54, 1.807) is 5.56 Å². The van der Waals surface area contributed by atoms with Crippen LogP contribution < -0.4 is 0 Å². The smallest absolute Gasteiger partial charge is 0.148 e. The minimum Gasteiger partial charge on any atom is -0.329 e. The van der Waals surface area contributed by atoms with Crippen LogP contribution in [-0.2, 0) is 16.2 Å².